The summed E-state index contributed by atoms with van der Waals surface area (Å²) in [5.41, 5.74) is 7.29. The zero-order chi connectivity index (χ0) is 19.7. The van der Waals surface area contributed by atoms with Crippen LogP contribution >= 0.6 is 0 Å². The summed E-state index contributed by atoms with van der Waals surface area (Å²) in [7, 11) is 0. The highest BCUT2D eigenvalue weighted by Crippen LogP contribution is 2.38. The van der Waals surface area contributed by atoms with Crippen LogP contribution in [-0.4, -0.2) is 21.6 Å². The molecule has 0 saturated heterocycles. The summed E-state index contributed by atoms with van der Waals surface area (Å²) < 4.78 is 1.36. The van der Waals surface area contributed by atoms with Crippen LogP contribution in [-0.2, 0) is 35.3 Å². The van der Waals surface area contributed by atoms with Gasteiger partial charge in [0, 0.05) is 12.1 Å². The first kappa shape index (κ1) is 18.7. The maximum absolute atomic E-state index is 12.6. The third-order valence-corrected chi connectivity index (χ3v) is 5.91. The summed E-state index contributed by atoms with van der Waals surface area (Å²) in [4.78, 5) is 34.1. The molecule has 2 aliphatic rings. The van der Waals surface area contributed by atoms with E-state index in [0.29, 0.717) is 12.8 Å². The molecule has 6 nitrogen and oxygen atoms in total. The van der Waals surface area contributed by atoms with E-state index >= 15 is 0 Å². The predicted molar refractivity (Wildman–Crippen MR) is 106 cm³/mol. The van der Waals surface area contributed by atoms with Crippen molar-refractivity contribution in [1.29, 1.82) is 0 Å². The number of carbonyl (C=O) groups is 2. The molecule has 28 heavy (non-hydrogen) atoms. The lowest BCUT2D eigenvalue weighted by Gasteiger charge is -2.17. The van der Waals surface area contributed by atoms with E-state index in [2.05, 4.69) is 16.4 Å². The maximum atomic E-state index is 12.6. The first-order chi connectivity index (χ1) is 13.5. The quantitative estimate of drug-likeness (QED) is 0.834. The van der Waals surface area contributed by atoms with Gasteiger partial charge in [-0.15, -0.1) is 0 Å². The van der Waals surface area contributed by atoms with Crippen molar-refractivity contribution in [2.24, 2.45) is 5.92 Å². The monoisotopic (exact) mass is 381 g/mol. The summed E-state index contributed by atoms with van der Waals surface area (Å²) in [6.07, 6.45) is 10.5. The minimum Gasteiger partial charge on any atom is -0.335 e. The van der Waals surface area contributed by atoms with Gasteiger partial charge in [0.25, 0.3) is 0 Å². The number of imidazole rings is 1. The maximum Gasteiger partial charge on any atom is 0.335 e. The Kier molecular flexibility index (Phi) is 5.20. The second-order valence-electron chi connectivity index (χ2n) is 7.99. The van der Waals surface area contributed by atoms with E-state index in [4.69, 9.17) is 4.84 Å². The van der Waals surface area contributed by atoms with Crippen molar-refractivity contribution in [3.8, 4) is 0 Å². The number of aryl methyl sites for hydroxylation is 3. The van der Waals surface area contributed by atoms with Crippen LogP contribution < -0.4 is 10.2 Å². The number of carbonyl (C=O) groups excluding carboxylic acids is 2. The highest BCUT2D eigenvalue weighted by molar-refractivity contribution is 5.93. The summed E-state index contributed by atoms with van der Waals surface area (Å²) in [5.74, 6) is -0.733. The van der Waals surface area contributed by atoms with Gasteiger partial charge in [-0.3, -0.25) is 4.79 Å². The van der Waals surface area contributed by atoms with Gasteiger partial charge in [-0.2, -0.15) is 4.73 Å². The Morgan fingerprint density at radius 2 is 1.86 bits per heavy atom. The molecule has 4 rings (SSSR count). The lowest BCUT2D eigenvalue weighted by Crippen LogP contribution is -2.27. The van der Waals surface area contributed by atoms with Crippen LogP contribution in [0, 0.1) is 12.8 Å². The van der Waals surface area contributed by atoms with Gasteiger partial charge in [0.05, 0.1) is 17.8 Å². The number of hydrogen-bond donors (Lipinski definition) is 1. The van der Waals surface area contributed by atoms with Gasteiger partial charge in [-0.25, -0.2) is 9.78 Å². The number of amides is 1. The van der Waals surface area contributed by atoms with Crippen molar-refractivity contribution in [2.75, 3.05) is 5.32 Å². The summed E-state index contributed by atoms with van der Waals surface area (Å²) in [6, 6.07) is 2.36. The van der Waals surface area contributed by atoms with E-state index in [-0.39, 0.29) is 17.8 Å². The Balaban J connectivity index is 1.37. The van der Waals surface area contributed by atoms with Crippen molar-refractivity contribution in [2.45, 2.75) is 65.2 Å². The minimum absolute atomic E-state index is 0.0205. The summed E-state index contributed by atoms with van der Waals surface area (Å²) in [6.45, 7) is 3.61. The molecular weight excluding hydrogens is 354 g/mol. The molecule has 6 heteroatoms. The van der Waals surface area contributed by atoms with Crippen LogP contribution in [0.3, 0.4) is 0 Å². The van der Waals surface area contributed by atoms with Gasteiger partial charge in [0.2, 0.25) is 5.91 Å². The van der Waals surface area contributed by atoms with Gasteiger partial charge in [-0.05, 0) is 74.1 Å². The minimum atomic E-state index is -0.361. The number of nitrogens with zero attached hydrogens (tertiary/aromatic N) is 2. The molecule has 0 saturated carbocycles. The SMILES string of the molecule is Cc1cncn1OC(=O)C(C)CCC(=O)Nc1c2c(cc3c1CCC3)CCC2. The Bertz CT molecular complexity index is 884. The molecule has 2 aliphatic carbocycles. The van der Waals surface area contributed by atoms with Gasteiger partial charge in [0.1, 0.15) is 6.33 Å². The molecule has 1 heterocycles. The first-order valence-electron chi connectivity index (χ1n) is 10.2. The molecule has 1 aromatic heterocycles. The van der Waals surface area contributed by atoms with E-state index < -0.39 is 0 Å². The van der Waals surface area contributed by atoms with Gasteiger partial charge in [-0.1, -0.05) is 13.0 Å². The number of aromatic nitrogens is 2. The number of rotatable bonds is 6. The average molecular weight is 381 g/mol. The normalized spacial score (nSPS) is 15.8. The molecule has 0 radical (unpaired) electrons. The number of nitrogens with one attached hydrogen (secondary N) is 1. The number of benzene rings is 1. The Morgan fingerprint density at radius 3 is 2.46 bits per heavy atom. The lowest BCUT2D eigenvalue weighted by atomic mass is 9.98. The van der Waals surface area contributed by atoms with Gasteiger partial charge >= 0.3 is 5.97 Å². The molecule has 1 aromatic carbocycles. The van der Waals surface area contributed by atoms with Crippen LogP contribution in [0.2, 0.25) is 0 Å². The van der Waals surface area contributed by atoms with E-state index in [9.17, 15) is 9.59 Å². The fourth-order valence-corrected chi connectivity index (χ4v) is 4.27. The van der Waals surface area contributed by atoms with Crippen molar-refractivity contribution in [1.82, 2.24) is 9.71 Å². The third-order valence-electron chi connectivity index (χ3n) is 5.91. The van der Waals surface area contributed by atoms with Gasteiger partial charge < -0.3 is 10.2 Å². The van der Waals surface area contributed by atoms with Crippen LogP contribution in [0.5, 0.6) is 0 Å². The Morgan fingerprint density at radius 1 is 1.18 bits per heavy atom. The van der Waals surface area contributed by atoms with Crippen molar-refractivity contribution >= 4 is 17.6 Å². The fraction of sp³-hybridized carbons (Fsp3) is 0.500. The molecule has 1 unspecified atom stereocenters. The molecule has 0 bridgehead atoms. The highest BCUT2D eigenvalue weighted by Gasteiger charge is 2.25. The first-order valence-corrected chi connectivity index (χ1v) is 10.2. The molecule has 2 aromatic rings. The zero-order valence-corrected chi connectivity index (χ0v) is 16.6. The Hall–Kier alpha value is -2.63. The van der Waals surface area contributed by atoms with E-state index in [1.165, 1.54) is 33.3 Å². The zero-order valence-electron chi connectivity index (χ0n) is 16.6. The molecule has 0 aliphatic heterocycles. The summed E-state index contributed by atoms with van der Waals surface area (Å²) >= 11 is 0. The molecule has 0 fully saturated rings. The number of hydrogen-bond acceptors (Lipinski definition) is 4. The van der Waals surface area contributed by atoms with Crippen LogP contribution in [0.1, 0.15) is 60.6 Å². The lowest BCUT2D eigenvalue weighted by molar-refractivity contribution is -0.149. The van der Waals surface area contributed by atoms with Crippen molar-refractivity contribution in [3.63, 3.8) is 0 Å². The van der Waals surface area contributed by atoms with Gasteiger partial charge in [0.15, 0.2) is 0 Å². The van der Waals surface area contributed by atoms with Crippen molar-refractivity contribution in [3.05, 3.63) is 46.5 Å². The number of fused-ring (bicyclic) bond motifs is 2. The van der Waals surface area contributed by atoms with Crippen molar-refractivity contribution < 1.29 is 14.4 Å². The van der Waals surface area contributed by atoms with E-state index in [1.807, 2.05) is 6.92 Å². The highest BCUT2D eigenvalue weighted by atomic mass is 16.7. The van der Waals surface area contributed by atoms with Crippen LogP contribution in [0.25, 0.3) is 0 Å². The smallest absolute Gasteiger partial charge is 0.335 e. The molecule has 0 spiro atoms. The standard InChI is InChI=1S/C22H27N3O3/c1-14(22(27)28-25-13-23-12-15(25)2)9-10-20(26)24-21-18-7-3-5-16(18)11-17-6-4-8-19(17)21/h11-14H,3-10H2,1-2H3,(H,24,26). The molecule has 1 amide bonds. The van der Waals surface area contributed by atoms with Crippen LogP contribution in [0.15, 0.2) is 18.6 Å². The number of anilines is 1. The molecule has 1 N–H and O–H groups in total. The van der Waals surface area contributed by atoms with E-state index in [1.54, 1.807) is 13.1 Å². The molecular formula is C22H27N3O3. The third kappa shape index (κ3) is 3.68. The van der Waals surface area contributed by atoms with E-state index in [0.717, 1.165) is 49.9 Å². The summed E-state index contributed by atoms with van der Waals surface area (Å²) in [5, 5.41) is 3.19. The van der Waals surface area contributed by atoms with Crippen LogP contribution in [0.4, 0.5) is 5.69 Å². The average Bonchev–Trinajstić information content (AvgIpc) is 3.41. The Labute approximate surface area is 165 Å². The second kappa shape index (κ2) is 7.78. The fourth-order valence-electron chi connectivity index (χ4n) is 4.27. The molecule has 148 valence electrons. The largest absolute Gasteiger partial charge is 0.335 e. The second-order valence-corrected chi connectivity index (χ2v) is 7.99. The topological polar surface area (TPSA) is 73.2 Å². The predicted octanol–water partition coefficient (Wildman–Crippen LogP) is 3.18. The molecule has 1 atom stereocenters.